The molecule has 1 amide bonds. The number of nitrogens with one attached hydrogen (secondary N) is 1. The van der Waals surface area contributed by atoms with Crippen molar-refractivity contribution in [3.05, 3.63) is 106 Å². The number of carbonyl (C=O) groups is 2. The number of benzene rings is 3. The summed E-state index contributed by atoms with van der Waals surface area (Å²) >= 11 is 0. The lowest BCUT2D eigenvalue weighted by Gasteiger charge is -2.18. The molecule has 1 aromatic heterocycles. The Labute approximate surface area is 201 Å². The largest absolute Gasteiger partial charge is 0.451 e. The molecule has 182 valence electrons. The van der Waals surface area contributed by atoms with E-state index >= 15 is 0 Å². The number of hydrogen-bond acceptors (Lipinski definition) is 6. The maximum absolute atomic E-state index is 13.2. The summed E-state index contributed by atoms with van der Waals surface area (Å²) in [4.78, 5) is 37.5. The molecule has 0 spiro atoms. The van der Waals surface area contributed by atoms with Crippen LogP contribution in [0, 0.1) is 0 Å². The fourth-order valence-electron chi connectivity index (χ4n) is 3.28. The summed E-state index contributed by atoms with van der Waals surface area (Å²) in [6.45, 7) is -0.851. The second kappa shape index (κ2) is 10.2. The number of halogens is 3. The predicted molar refractivity (Wildman–Crippen MR) is 126 cm³/mol. The molecule has 36 heavy (non-hydrogen) atoms. The minimum absolute atomic E-state index is 0.175. The monoisotopic (exact) mass is 494 g/mol. The van der Waals surface area contributed by atoms with Crippen LogP contribution in [0.2, 0.25) is 0 Å². The predicted octanol–water partition coefficient (Wildman–Crippen LogP) is 4.17. The molecular formula is C25H17F3N4O4. The number of amides is 1. The van der Waals surface area contributed by atoms with Crippen LogP contribution >= 0.6 is 0 Å². The quantitative estimate of drug-likeness (QED) is 0.246. The highest BCUT2D eigenvalue weighted by molar-refractivity contribution is 6.03. The summed E-state index contributed by atoms with van der Waals surface area (Å²) in [5.74, 6) is -1.92. The van der Waals surface area contributed by atoms with E-state index in [1.54, 1.807) is 42.5 Å². The Morgan fingerprint density at radius 1 is 0.972 bits per heavy atom. The average Bonchev–Trinajstić information content (AvgIpc) is 2.88. The zero-order valence-electron chi connectivity index (χ0n) is 18.4. The first kappa shape index (κ1) is 24.3. The Bertz CT molecular complexity index is 1500. The SMILES string of the molecule is O=C(OCC(=O)N(/N=C/c1ccccc1)c1cccc(C(F)(F)F)c1)c1n[nH]c(=O)c2ccccc12. The van der Waals surface area contributed by atoms with Crippen molar-refractivity contribution in [1.29, 1.82) is 0 Å². The number of nitrogens with zero attached hydrogens (tertiary/aromatic N) is 3. The topological polar surface area (TPSA) is 105 Å². The molecule has 1 N–H and O–H groups in total. The van der Waals surface area contributed by atoms with Crippen LogP contribution in [-0.4, -0.2) is 34.9 Å². The molecule has 0 saturated heterocycles. The lowest BCUT2D eigenvalue weighted by Crippen LogP contribution is -2.31. The normalized spacial score (nSPS) is 11.5. The number of H-pyrrole nitrogens is 1. The summed E-state index contributed by atoms with van der Waals surface area (Å²) in [5.41, 5.74) is -1.30. The molecule has 0 saturated carbocycles. The van der Waals surface area contributed by atoms with E-state index in [9.17, 15) is 27.6 Å². The number of anilines is 1. The van der Waals surface area contributed by atoms with E-state index in [1.807, 2.05) is 0 Å². The summed E-state index contributed by atoms with van der Waals surface area (Å²) in [6, 6.07) is 18.8. The van der Waals surface area contributed by atoms with Gasteiger partial charge in [-0.15, -0.1) is 0 Å². The highest BCUT2D eigenvalue weighted by Crippen LogP contribution is 2.31. The summed E-state index contributed by atoms with van der Waals surface area (Å²) in [6.07, 6.45) is -3.35. The van der Waals surface area contributed by atoms with Crippen LogP contribution in [0.5, 0.6) is 0 Å². The second-order valence-electron chi connectivity index (χ2n) is 7.43. The molecule has 1 heterocycles. The third-order valence-electron chi connectivity index (χ3n) is 4.99. The molecule has 4 rings (SSSR count). The van der Waals surface area contributed by atoms with Gasteiger partial charge < -0.3 is 4.74 Å². The number of fused-ring (bicyclic) bond motifs is 1. The Morgan fingerprint density at radius 3 is 2.39 bits per heavy atom. The van der Waals surface area contributed by atoms with Crippen molar-refractivity contribution in [3.8, 4) is 0 Å². The standard InChI is InChI=1S/C25H17F3N4O4/c26-25(27,28)17-9-6-10-18(13-17)32(29-14-16-7-2-1-3-8-16)21(33)15-36-24(35)22-19-11-4-5-12-20(19)23(34)31-30-22/h1-14H,15H2,(H,31,34)/b29-14+. The van der Waals surface area contributed by atoms with Gasteiger partial charge >= 0.3 is 12.1 Å². The fourth-order valence-corrected chi connectivity index (χ4v) is 3.28. The number of esters is 1. The fraction of sp³-hybridized carbons (Fsp3) is 0.0800. The average molecular weight is 494 g/mol. The van der Waals surface area contributed by atoms with Crippen molar-refractivity contribution < 1.29 is 27.5 Å². The highest BCUT2D eigenvalue weighted by Gasteiger charge is 2.31. The Morgan fingerprint density at radius 2 is 1.67 bits per heavy atom. The van der Waals surface area contributed by atoms with E-state index in [1.165, 1.54) is 24.4 Å². The number of ether oxygens (including phenoxy) is 1. The van der Waals surface area contributed by atoms with E-state index in [2.05, 4.69) is 15.3 Å². The van der Waals surface area contributed by atoms with Crippen LogP contribution in [0.4, 0.5) is 18.9 Å². The van der Waals surface area contributed by atoms with Gasteiger partial charge in [0.1, 0.15) is 0 Å². The molecule has 0 atom stereocenters. The maximum atomic E-state index is 13.2. The Balaban J connectivity index is 1.60. The third kappa shape index (κ3) is 5.46. The van der Waals surface area contributed by atoms with Gasteiger partial charge in [0, 0.05) is 5.39 Å². The van der Waals surface area contributed by atoms with Gasteiger partial charge in [-0.2, -0.15) is 28.4 Å². The first-order valence-corrected chi connectivity index (χ1v) is 10.5. The van der Waals surface area contributed by atoms with Gasteiger partial charge in [0.25, 0.3) is 11.5 Å². The van der Waals surface area contributed by atoms with Crippen LogP contribution in [0.3, 0.4) is 0 Å². The lowest BCUT2D eigenvalue weighted by molar-refractivity contribution is -0.137. The number of carbonyl (C=O) groups excluding carboxylic acids is 2. The number of aromatic nitrogens is 2. The molecule has 0 aliphatic carbocycles. The van der Waals surface area contributed by atoms with Crippen molar-refractivity contribution in [3.63, 3.8) is 0 Å². The van der Waals surface area contributed by atoms with E-state index in [0.29, 0.717) is 10.6 Å². The molecule has 0 aliphatic heterocycles. The van der Waals surface area contributed by atoms with Crippen LogP contribution in [0.1, 0.15) is 21.6 Å². The van der Waals surface area contributed by atoms with E-state index in [0.717, 1.165) is 18.2 Å². The Hall–Kier alpha value is -4.80. The second-order valence-corrected chi connectivity index (χ2v) is 7.43. The molecule has 0 fully saturated rings. The number of rotatable bonds is 6. The van der Waals surface area contributed by atoms with Crippen LogP contribution in [0.15, 0.2) is 88.8 Å². The summed E-state index contributed by atoms with van der Waals surface area (Å²) in [7, 11) is 0. The number of hydrazone groups is 1. The zero-order chi connectivity index (χ0) is 25.7. The minimum Gasteiger partial charge on any atom is -0.451 e. The minimum atomic E-state index is -4.64. The molecule has 0 bridgehead atoms. The summed E-state index contributed by atoms with van der Waals surface area (Å²) < 4.78 is 44.8. The van der Waals surface area contributed by atoms with Crippen molar-refractivity contribution in [2.24, 2.45) is 5.10 Å². The molecule has 3 aromatic carbocycles. The van der Waals surface area contributed by atoms with Crippen molar-refractivity contribution in [2.75, 3.05) is 11.6 Å². The van der Waals surface area contributed by atoms with Crippen LogP contribution in [-0.2, 0) is 15.7 Å². The molecule has 0 unspecified atom stereocenters. The van der Waals surface area contributed by atoms with Gasteiger partial charge in [-0.3, -0.25) is 9.59 Å². The molecular weight excluding hydrogens is 477 g/mol. The molecule has 8 nitrogen and oxygen atoms in total. The van der Waals surface area contributed by atoms with E-state index in [4.69, 9.17) is 4.74 Å². The third-order valence-corrected chi connectivity index (χ3v) is 4.99. The molecule has 4 aromatic rings. The maximum Gasteiger partial charge on any atom is 0.416 e. The van der Waals surface area contributed by atoms with Crippen molar-refractivity contribution >= 4 is 34.6 Å². The molecule has 0 radical (unpaired) electrons. The first-order chi connectivity index (χ1) is 17.2. The molecule has 0 aliphatic rings. The summed E-state index contributed by atoms with van der Waals surface area (Å²) in [5, 5.41) is 11.1. The smallest absolute Gasteiger partial charge is 0.416 e. The number of aromatic amines is 1. The van der Waals surface area contributed by atoms with Crippen molar-refractivity contribution in [2.45, 2.75) is 6.18 Å². The van der Waals surface area contributed by atoms with E-state index < -0.39 is 35.8 Å². The van der Waals surface area contributed by atoms with Gasteiger partial charge in [-0.05, 0) is 29.8 Å². The number of hydrogen-bond donors (Lipinski definition) is 1. The first-order valence-electron chi connectivity index (χ1n) is 10.5. The van der Waals surface area contributed by atoms with E-state index in [-0.39, 0.29) is 22.2 Å². The Kier molecular flexibility index (Phi) is 6.91. The van der Waals surface area contributed by atoms with Crippen LogP contribution < -0.4 is 10.6 Å². The van der Waals surface area contributed by atoms with Gasteiger partial charge in [0.2, 0.25) is 0 Å². The highest BCUT2D eigenvalue weighted by atomic mass is 19.4. The van der Waals surface area contributed by atoms with Gasteiger partial charge in [0.05, 0.1) is 22.9 Å². The number of alkyl halides is 3. The molecule has 11 heteroatoms. The van der Waals surface area contributed by atoms with Gasteiger partial charge in [-0.1, -0.05) is 54.6 Å². The van der Waals surface area contributed by atoms with Gasteiger partial charge in [-0.25, -0.2) is 9.89 Å². The zero-order valence-corrected chi connectivity index (χ0v) is 18.4. The lowest BCUT2D eigenvalue weighted by atomic mass is 10.1. The van der Waals surface area contributed by atoms with Gasteiger partial charge in [0.15, 0.2) is 12.3 Å². The van der Waals surface area contributed by atoms with Crippen molar-refractivity contribution in [1.82, 2.24) is 10.2 Å². The van der Waals surface area contributed by atoms with Crippen LogP contribution in [0.25, 0.3) is 10.8 Å².